The third-order valence-electron chi connectivity index (χ3n) is 4.89. The maximum absolute atomic E-state index is 6.18. The molecule has 0 saturated heterocycles. The van der Waals surface area contributed by atoms with E-state index in [-0.39, 0.29) is 0 Å². The number of unbranched alkanes of at least 4 members (excludes halogenated alkanes) is 1. The average Bonchev–Trinajstić information content (AvgIpc) is 2.68. The maximum atomic E-state index is 6.18. The van der Waals surface area contributed by atoms with Gasteiger partial charge in [0, 0.05) is 22.4 Å². The molecule has 130 valence electrons. The van der Waals surface area contributed by atoms with Gasteiger partial charge in [0.2, 0.25) is 6.20 Å². The Bertz CT molecular complexity index is 798. The third kappa shape index (κ3) is 4.19. The van der Waals surface area contributed by atoms with Crippen molar-refractivity contribution >= 4 is 10.9 Å². The van der Waals surface area contributed by atoms with Crippen molar-refractivity contribution in [3.8, 4) is 11.1 Å². The molecule has 0 amide bonds. The van der Waals surface area contributed by atoms with Gasteiger partial charge >= 0.3 is 0 Å². The SMILES string of the molecule is CCCCC(CC)CO[n+]1ccc(-c2ccccc2)c2ccccc21. The van der Waals surface area contributed by atoms with Crippen LogP contribution >= 0.6 is 0 Å². The topological polar surface area (TPSA) is 13.1 Å². The van der Waals surface area contributed by atoms with Gasteiger partial charge in [-0.2, -0.15) is 0 Å². The highest BCUT2D eigenvalue weighted by molar-refractivity contribution is 5.92. The monoisotopic (exact) mass is 334 g/mol. The summed E-state index contributed by atoms with van der Waals surface area (Å²) in [6.07, 6.45) is 6.99. The molecule has 0 aliphatic carbocycles. The summed E-state index contributed by atoms with van der Waals surface area (Å²) < 4.78 is 1.94. The van der Waals surface area contributed by atoms with E-state index in [0.29, 0.717) is 5.92 Å². The minimum atomic E-state index is 0.625. The van der Waals surface area contributed by atoms with Crippen LogP contribution in [0.4, 0.5) is 0 Å². The van der Waals surface area contributed by atoms with Crippen molar-refractivity contribution < 1.29 is 9.57 Å². The molecule has 1 aromatic heterocycles. The fourth-order valence-corrected chi connectivity index (χ4v) is 3.27. The summed E-state index contributed by atoms with van der Waals surface area (Å²) in [5, 5.41) is 1.22. The molecule has 0 spiro atoms. The van der Waals surface area contributed by atoms with Crippen LogP contribution in [0.25, 0.3) is 22.0 Å². The lowest BCUT2D eigenvalue weighted by Gasteiger charge is -2.12. The number of aromatic nitrogens is 1. The van der Waals surface area contributed by atoms with Crippen molar-refractivity contribution in [3.05, 3.63) is 66.9 Å². The Morgan fingerprint density at radius 2 is 1.68 bits per heavy atom. The zero-order chi connectivity index (χ0) is 17.5. The van der Waals surface area contributed by atoms with E-state index in [0.717, 1.165) is 12.1 Å². The van der Waals surface area contributed by atoms with Crippen molar-refractivity contribution in [1.82, 2.24) is 0 Å². The molecule has 2 nitrogen and oxygen atoms in total. The van der Waals surface area contributed by atoms with Crippen LogP contribution in [0.3, 0.4) is 0 Å². The predicted octanol–water partition coefficient (Wildman–Crippen LogP) is 5.44. The summed E-state index contributed by atoms with van der Waals surface area (Å²) in [5.41, 5.74) is 3.60. The molecule has 1 heterocycles. The summed E-state index contributed by atoms with van der Waals surface area (Å²) >= 11 is 0. The maximum Gasteiger partial charge on any atom is 0.265 e. The molecule has 2 aromatic carbocycles. The van der Waals surface area contributed by atoms with Gasteiger partial charge in [-0.05, 0) is 30.4 Å². The van der Waals surface area contributed by atoms with Gasteiger partial charge in [0.05, 0.1) is 5.39 Å². The number of rotatable bonds is 8. The Kier molecular flexibility index (Phi) is 6.05. The number of fused-ring (bicyclic) bond motifs is 1. The van der Waals surface area contributed by atoms with E-state index in [2.05, 4.69) is 80.7 Å². The van der Waals surface area contributed by atoms with Crippen molar-refractivity contribution in [2.75, 3.05) is 6.61 Å². The second-order valence-corrected chi connectivity index (χ2v) is 6.65. The van der Waals surface area contributed by atoms with Crippen LogP contribution in [0.2, 0.25) is 0 Å². The van der Waals surface area contributed by atoms with E-state index in [4.69, 9.17) is 4.84 Å². The molecular weight excluding hydrogens is 306 g/mol. The highest BCUT2D eigenvalue weighted by atomic mass is 16.7. The highest BCUT2D eigenvalue weighted by Gasteiger charge is 2.17. The first-order valence-corrected chi connectivity index (χ1v) is 9.45. The summed E-state index contributed by atoms with van der Waals surface area (Å²) in [6.45, 7) is 5.28. The van der Waals surface area contributed by atoms with Crippen LogP contribution in [-0.2, 0) is 0 Å². The van der Waals surface area contributed by atoms with Crippen molar-refractivity contribution in [2.24, 2.45) is 5.92 Å². The zero-order valence-corrected chi connectivity index (χ0v) is 15.3. The van der Waals surface area contributed by atoms with Crippen LogP contribution < -0.4 is 9.57 Å². The number of para-hydroxylation sites is 1. The van der Waals surface area contributed by atoms with E-state index >= 15 is 0 Å². The van der Waals surface area contributed by atoms with Gasteiger partial charge in [-0.3, -0.25) is 4.84 Å². The van der Waals surface area contributed by atoms with E-state index in [1.807, 2.05) is 4.73 Å². The van der Waals surface area contributed by atoms with Gasteiger partial charge in [-0.25, -0.2) is 0 Å². The molecule has 25 heavy (non-hydrogen) atoms. The lowest BCUT2D eigenvalue weighted by Crippen LogP contribution is -2.45. The van der Waals surface area contributed by atoms with Crippen molar-refractivity contribution in [2.45, 2.75) is 39.5 Å². The van der Waals surface area contributed by atoms with Crippen LogP contribution in [0, 0.1) is 5.92 Å². The lowest BCUT2D eigenvalue weighted by molar-refractivity contribution is -0.872. The molecule has 0 radical (unpaired) electrons. The molecule has 0 fully saturated rings. The average molecular weight is 334 g/mol. The largest absolute Gasteiger partial charge is 0.271 e. The van der Waals surface area contributed by atoms with Crippen molar-refractivity contribution in [1.29, 1.82) is 0 Å². The third-order valence-corrected chi connectivity index (χ3v) is 4.89. The predicted molar refractivity (Wildman–Crippen MR) is 104 cm³/mol. The number of hydrogen-bond acceptors (Lipinski definition) is 1. The minimum Gasteiger partial charge on any atom is -0.271 e. The van der Waals surface area contributed by atoms with E-state index in [9.17, 15) is 0 Å². The van der Waals surface area contributed by atoms with Gasteiger partial charge in [0.1, 0.15) is 0 Å². The molecule has 0 saturated carbocycles. The Morgan fingerprint density at radius 1 is 0.920 bits per heavy atom. The van der Waals surface area contributed by atoms with Crippen molar-refractivity contribution in [3.63, 3.8) is 0 Å². The highest BCUT2D eigenvalue weighted by Crippen LogP contribution is 2.26. The molecule has 1 unspecified atom stereocenters. The van der Waals surface area contributed by atoms with Gasteiger partial charge in [0.25, 0.3) is 5.52 Å². The summed E-state index contributed by atoms with van der Waals surface area (Å²) in [7, 11) is 0. The Balaban J connectivity index is 1.88. The molecule has 0 N–H and O–H groups in total. The quantitative estimate of drug-likeness (QED) is 0.500. The van der Waals surface area contributed by atoms with E-state index < -0.39 is 0 Å². The van der Waals surface area contributed by atoms with E-state index in [1.165, 1.54) is 42.2 Å². The first-order valence-electron chi connectivity index (χ1n) is 9.45. The molecule has 3 aromatic rings. The van der Waals surface area contributed by atoms with Crippen LogP contribution in [-0.4, -0.2) is 6.61 Å². The fraction of sp³-hybridized carbons (Fsp3) is 0.348. The normalized spacial score (nSPS) is 12.2. The van der Waals surface area contributed by atoms with Crippen LogP contribution in [0.5, 0.6) is 0 Å². The molecule has 3 rings (SSSR count). The lowest BCUT2D eigenvalue weighted by atomic mass is 10.0. The number of hydrogen-bond donors (Lipinski definition) is 0. The molecular formula is C23H28NO+. The van der Waals surface area contributed by atoms with Crippen LogP contribution in [0.1, 0.15) is 39.5 Å². The first-order chi connectivity index (χ1) is 12.3. The Morgan fingerprint density at radius 3 is 2.44 bits per heavy atom. The number of pyridine rings is 1. The minimum absolute atomic E-state index is 0.625. The molecule has 1 atom stereocenters. The Hall–Kier alpha value is -2.35. The van der Waals surface area contributed by atoms with Gasteiger partial charge < -0.3 is 0 Å². The van der Waals surface area contributed by atoms with Gasteiger partial charge in [0.15, 0.2) is 6.61 Å². The van der Waals surface area contributed by atoms with Crippen LogP contribution in [0.15, 0.2) is 66.9 Å². The standard InChI is InChI=1S/C23H28NO/c1-3-5-11-19(4-2)18-25-24-17-16-21(20-12-7-6-8-13-20)22-14-9-10-15-23(22)24/h6-10,12-17,19H,3-5,11,18H2,1-2H3/q+1. The second kappa shape index (κ2) is 8.66. The summed E-state index contributed by atoms with van der Waals surface area (Å²) in [5.74, 6) is 0.625. The fourth-order valence-electron chi connectivity index (χ4n) is 3.27. The van der Waals surface area contributed by atoms with Gasteiger partial charge in [-0.15, -0.1) is 0 Å². The zero-order valence-electron chi connectivity index (χ0n) is 15.3. The molecule has 0 bridgehead atoms. The Labute approximate surface area is 151 Å². The molecule has 0 aliphatic heterocycles. The smallest absolute Gasteiger partial charge is 0.265 e. The van der Waals surface area contributed by atoms with Gasteiger partial charge in [-0.1, -0.05) is 69.2 Å². The summed E-state index contributed by atoms with van der Waals surface area (Å²) in [6, 6.07) is 21.2. The second-order valence-electron chi connectivity index (χ2n) is 6.65. The van der Waals surface area contributed by atoms with E-state index in [1.54, 1.807) is 0 Å². The number of benzene rings is 2. The molecule has 0 aliphatic rings. The number of nitrogens with zero attached hydrogens (tertiary/aromatic N) is 1. The summed E-state index contributed by atoms with van der Waals surface area (Å²) in [4.78, 5) is 6.18. The first kappa shape index (κ1) is 17.5. The molecule has 2 heteroatoms.